The Kier molecular flexibility index (Phi) is 7.48. The average Bonchev–Trinajstić information content (AvgIpc) is 2.40. The number of carbonyl (C=O) groups excluding carboxylic acids is 1. The number of aliphatic hydroxyl groups is 2. The zero-order valence-electron chi connectivity index (χ0n) is 12.7. The summed E-state index contributed by atoms with van der Waals surface area (Å²) in [5, 5.41) is 23.2. The van der Waals surface area contributed by atoms with Gasteiger partial charge >= 0.3 is 5.97 Å². The Balaban J connectivity index is 2.26. The zero-order valence-corrected chi connectivity index (χ0v) is 12.7. The maximum absolute atomic E-state index is 11.6. The number of nitrogens with one attached hydrogen (secondary N) is 1. The molecule has 0 spiro atoms. The molecule has 0 aromatic rings. The Labute approximate surface area is 121 Å². The summed E-state index contributed by atoms with van der Waals surface area (Å²) in [5.41, 5.74) is -0.755. The number of aliphatic hydroxyl groups excluding tert-OH is 1. The van der Waals surface area contributed by atoms with Gasteiger partial charge in [0.1, 0.15) is 0 Å². The molecule has 0 amide bonds. The van der Waals surface area contributed by atoms with Gasteiger partial charge < -0.3 is 20.3 Å². The molecule has 20 heavy (non-hydrogen) atoms. The van der Waals surface area contributed by atoms with Crippen LogP contribution in [-0.2, 0) is 9.53 Å². The molecular formula is C15H29NO4. The van der Waals surface area contributed by atoms with Crippen molar-refractivity contribution in [2.45, 2.75) is 64.1 Å². The van der Waals surface area contributed by atoms with Crippen LogP contribution in [0.2, 0.25) is 0 Å². The highest BCUT2D eigenvalue weighted by Gasteiger charge is 2.36. The van der Waals surface area contributed by atoms with Crippen LogP contribution in [-0.4, -0.2) is 47.6 Å². The van der Waals surface area contributed by atoms with Crippen molar-refractivity contribution in [1.29, 1.82) is 0 Å². The first-order chi connectivity index (χ1) is 9.50. The van der Waals surface area contributed by atoms with Crippen LogP contribution < -0.4 is 5.32 Å². The Morgan fingerprint density at radius 1 is 1.40 bits per heavy atom. The second-order valence-electron chi connectivity index (χ2n) is 5.82. The molecule has 118 valence electrons. The smallest absolute Gasteiger partial charge is 0.308 e. The maximum atomic E-state index is 11.6. The van der Waals surface area contributed by atoms with E-state index in [2.05, 4.69) is 5.32 Å². The number of carbonyl (C=O) groups is 1. The predicted octanol–water partition coefficient (Wildman–Crippen LogP) is 1.22. The monoisotopic (exact) mass is 287 g/mol. The fourth-order valence-electron chi connectivity index (χ4n) is 2.73. The molecule has 1 saturated carbocycles. The van der Waals surface area contributed by atoms with Crippen molar-refractivity contribution in [3.8, 4) is 0 Å². The van der Waals surface area contributed by atoms with Crippen molar-refractivity contribution in [1.82, 2.24) is 5.32 Å². The highest BCUT2D eigenvalue weighted by molar-refractivity contribution is 5.72. The second kappa shape index (κ2) is 8.60. The van der Waals surface area contributed by atoms with E-state index in [0.717, 1.165) is 12.8 Å². The quantitative estimate of drug-likeness (QED) is 0.585. The Bertz CT molecular complexity index is 288. The first kappa shape index (κ1) is 17.4. The molecule has 0 saturated heterocycles. The van der Waals surface area contributed by atoms with Crippen molar-refractivity contribution in [3.63, 3.8) is 0 Å². The van der Waals surface area contributed by atoms with Gasteiger partial charge in [-0.1, -0.05) is 13.3 Å². The van der Waals surface area contributed by atoms with Gasteiger partial charge in [-0.2, -0.15) is 0 Å². The van der Waals surface area contributed by atoms with Crippen molar-refractivity contribution < 1.29 is 19.7 Å². The molecule has 0 aromatic carbocycles. The Morgan fingerprint density at radius 2 is 2.05 bits per heavy atom. The lowest BCUT2D eigenvalue weighted by Crippen LogP contribution is -2.46. The number of esters is 1. The van der Waals surface area contributed by atoms with Crippen LogP contribution in [0.1, 0.15) is 52.4 Å². The van der Waals surface area contributed by atoms with Gasteiger partial charge in [-0.05, 0) is 39.0 Å². The van der Waals surface area contributed by atoms with Crippen LogP contribution in [0.4, 0.5) is 0 Å². The van der Waals surface area contributed by atoms with E-state index in [9.17, 15) is 15.0 Å². The number of ether oxygens (including phenoxy) is 1. The maximum Gasteiger partial charge on any atom is 0.308 e. The van der Waals surface area contributed by atoms with Gasteiger partial charge in [0.25, 0.3) is 0 Å². The molecule has 3 N–H and O–H groups in total. The summed E-state index contributed by atoms with van der Waals surface area (Å²) in [5.74, 6) is -0.207. The van der Waals surface area contributed by atoms with Crippen LogP contribution >= 0.6 is 0 Å². The standard InChI is InChI=1S/C15H29NO4/c1-3-5-13(17)10-16-11-15(19)8-6-12(7-9-15)14(18)20-4-2/h12-13,16-17,19H,3-11H2,1-2H3. The van der Waals surface area contributed by atoms with Gasteiger partial charge in [0.15, 0.2) is 0 Å². The molecule has 1 rings (SSSR count). The molecule has 0 aliphatic heterocycles. The van der Waals surface area contributed by atoms with Crippen LogP contribution in [0.3, 0.4) is 0 Å². The molecule has 1 aliphatic carbocycles. The van der Waals surface area contributed by atoms with Crippen molar-refractivity contribution in [2.75, 3.05) is 19.7 Å². The third kappa shape index (κ3) is 5.77. The molecule has 1 atom stereocenters. The zero-order chi connectivity index (χ0) is 15.0. The van der Waals surface area contributed by atoms with Gasteiger partial charge in [0, 0.05) is 13.1 Å². The molecule has 0 bridgehead atoms. The Hall–Kier alpha value is -0.650. The van der Waals surface area contributed by atoms with Crippen LogP contribution in [0.5, 0.6) is 0 Å². The van der Waals surface area contributed by atoms with E-state index in [1.165, 1.54) is 0 Å². The normalized spacial score (nSPS) is 28.1. The molecule has 5 heteroatoms. The molecule has 0 radical (unpaired) electrons. The largest absolute Gasteiger partial charge is 0.466 e. The van der Waals surface area contributed by atoms with Gasteiger partial charge in [-0.3, -0.25) is 4.79 Å². The molecule has 1 unspecified atom stereocenters. The third-order valence-electron chi connectivity index (χ3n) is 3.99. The molecule has 1 aliphatic rings. The second-order valence-corrected chi connectivity index (χ2v) is 5.82. The molecule has 0 heterocycles. The van der Waals surface area contributed by atoms with E-state index < -0.39 is 5.60 Å². The summed E-state index contributed by atoms with van der Waals surface area (Å²) in [6, 6.07) is 0. The summed E-state index contributed by atoms with van der Waals surface area (Å²) in [4.78, 5) is 11.6. The summed E-state index contributed by atoms with van der Waals surface area (Å²) in [7, 11) is 0. The summed E-state index contributed by atoms with van der Waals surface area (Å²) >= 11 is 0. The third-order valence-corrected chi connectivity index (χ3v) is 3.99. The summed E-state index contributed by atoms with van der Waals surface area (Å²) in [6.45, 7) is 5.24. The highest BCUT2D eigenvalue weighted by atomic mass is 16.5. The van der Waals surface area contributed by atoms with Crippen molar-refractivity contribution in [2.24, 2.45) is 5.92 Å². The van der Waals surface area contributed by atoms with Crippen molar-refractivity contribution >= 4 is 5.97 Å². The SMILES string of the molecule is CCCC(O)CNCC1(O)CCC(C(=O)OCC)CC1. The van der Waals surface area contributed by atoms with E-state index in [1.54, 1.807) is 0 Å². The first-order valence-corrected chi connectivity index (χ1v) is 7.78. The van der Waals surface area contributed by atoms with Crippen molar-refractivity contribution in [3.05, 3.63) is 0 Å². The van der Waals surface area contributed by atoms with Gasteiger partial charge in [0.05, 0.1) is 24.2 Å². The van der Waals surface area contributed by atoms with Gasteiger partial charge in [-0.15, -0.1) is 0 Å². The minimum Gasteiger partial charge on any atom is -0.466 e. The van der Waals surface area contributed by atoms with Gasteiger partial charge in [0.2, 0.25) is 0 Å². The average molecular weight is 287 g/mol. The number of hydrogen-bond acceptors (Lipinski definition) is 5. The minimum atomic E-state index is -0.755. The van der Waals surface area contributed by atoms with Crippen LogP contribution in [0, 0.1) is 5.92 Å². The first-order valence-electron chi connectivity index (χ1n) is 7.78. The lowest BCUT2D eigenvalue weighted by atomic mass is 9.78. The molecule has 1 fully saturated rings. The predicted molar refractivity (Wildman–Crippen MR) is 77.3 cm³/mol. The molecular weight excluding hydrogens is 258 g/mol. The number of hydrogen-bond donors (Lipinski definition) is 3. The Morgan fingerprint density at radius 3 is 2.60 bits per heavy atom. The number of rotatable bonds is 8. The van der Waals surface area contributed by atoms with Gasteiger partial charge in [-0.25, -0.2) is 0 Å². The topological polar surface area (TPSA) is 78.8 Å². The summed E-state index contributed by atoms with van der Waals surface area (Å²) in [6.07, 6.45) is 3.94. The lowest BCUT2D eigenvalue weighted by molar-refractivity contribution is -0.151. The highest BCUT2D eigenvalue weighted by Crippen LogP contribution is 2.32. The minimum absolute atomic E-state index is 0.0686. The molecule has 5 nitrogen and oxygen atoms in total. The van der Waals surface area contributed by atoms with E-state index in [0.29, 0.717) is 45.4 Å². The van der Waals surface area contributed by atoms with Crippen LogP contribution in [0.25, 0.3) is 0 Å². The van der Waals surface area contributed by atoms with E-state index in [4.69, 9.17) is 4.74 Å². The van der Waals surface area contributed by atoms with Crippen LogP contribution in [0.15, 0.2) is 0 Å². The molecule has 0 aromatic heterocycles. The van der Waals surface area contributed by atoms with E-state index >= 15 is 0 Å². The summed E-state index contributed by atoms with van der Waals surface area (Å²) < 4.78 is 5.02. The fraction of sp³-hybridized carbons (Fsp3) is 0.933. The van der Waals surface area contributed by atoms with E-state index in [1.807, 2.05) is 13.8 Å². The fourth-order valence-corrected chi connectivity index (χ4v) is 2.73. The van der Waals surface area contributed by atoms with E-state index in [-0.39, 0.29) is 18.0 Å². The lowest BCUT2D eigenvalue weighted by Gasteiger charge is -2.35.